The maximum absolute atomic E-state index is 2.45. The first-order valence-electron chi connectivity index (χ1n) is 8.96. The van der Waals surface area contributed by atoms with Crippen molar-refractivity contribution in [2.45, 2.75) is 58.3 Å². The number of hydrogen-bond donors (Lipinski definition) is 0. The molecule has 0 aliphatic rings. The van der Waals surface area contributed by atoms with E-state index in [4.69, 9.17) is 0 Å². The zero-order chi connectivity index (χ0) is 16.5. The number of benzene rings is 2. The molecule has 0 saturated heterocycles. The van der Waals surface area contributed by atoms with Crippen LogP contribution in [0, 0.1) is 0 Å². The lowest BCUT2D eigenvalue weighted by Crippen LogP contribution is -1.98. The lowest BCUT2D eigenvalue weighted by atomic mass is 9.89. The van der Waals surface area contributed by atoms with Gasteiger partial charge >= 0.3 is 0 Å². The minimum Gasteiger partial charge on any atom is -0.0856 e. The largest absolute Gasteiger partial charge is 0.0856 e. The highest BCUT2D eigenvalue weighted by molar-refractivity contribution is 5.22. The molecule has 122 valence electrons. The van der Waals surface area contributed by atoms with Crippen molar-refractivity contribution in [2.24, 2.45) is 0 Å². The highest BCUT2D eigenvalue weighted by Crippen LogP contribution is 2.27. The molecule has 0 fully saturated rings. The Morgan fingerprint density at radius 2 is 1.48 bits per heavy atom. The summed E-state index contributed by atoms with van der Waals surface area (Å²) < 4.78 is 0. The van der Waals surface area contributed by atoms with E-state index in [2.05, 4.69) is 87.5 Å². The molecule has 2 aromatic carbocycles. The van der Waals surface area contributed by atoms with E-state index in [9.17, 15) is 0 Å². The van der Waals surface area contributed by atoms with E-state index >= 15 is 0 Å². The fourth-order valence-electron chi connectivity index (χ4n) is 3.22. The van der Waals surface area contributed by atoms with Gasteiger partial charge in [0.15, 0.2) is 0 Å². The number of rotatable bonds is 8. The molecule has 0 nitrogen and oxygen atoms in total. The summed E-state index contributed by atoms with van der Waals surface area (Å²) in [6, 6.07) is 21.8. The Bertz CT molecular complexity index is 580. The van der Waals surface area contributed by atoms with Crippen LogP contribution in [0.15, 0.2) is 72.3 Å². The number of allylic oxidation sites excluding steroid dienone is 2. The van der Waals surface area contributed by atoms with E-state index in [1.54, 1.807) is 0 Å². The molecule has 0 saturated carbocycles. The average molecular weight is 306 g/mol. The van der Waals surface area contributed by atoms with Crippen molar-refractivity contribution in [3.05, 3.63) is 83.4 Å². The summed E-state index contributed by atoms with van der Waals surface area (Å²) in [4.78, 5) is 0. The van der Waals surface area contributed by atoms with E-state index in [0.717, 1.165) is 0 Å². The molecular weight excluding hydrogens is 276 g/mol. The normalized spacial score (nSPS) is 14.5. The van der Waals surface area contributed by atoms with E-state index in [1.165, 1.54) is 42.4 Å². The second-order valence-electron chi connectivity index (χ2n) is 6.66. The van der Waals surface area contributed by atoms with Crippen LogP contribution in [0.5, 0.6) is 0 Å². The van der Waals surface area contributed by atoms with Gasteiger partial charge in [-0.05, 0) is 55.6 Å². The van der Waals surface area contributed by atoms with E-state index in [1.807, 2.05) is 0 Å². The van der Waals surface area contributed by atoms with Gasteiger partial charge < -0.3 is 0 Å². The molecular formula is C23H30. The zero-order valence-corrected chi connectivity index (χ0v) is 14.8. The molecule has 2 unspecified atom stereocenters. The fourth-order valence-corrected chi connectivity index (χ4v) is 3.22. The first-order chi connectivity index (χ1) is 11.2. The predicted molar refractivity (Wildman–Crippen MR) is 102 cm³/mol. The van der Waals surface area contributed by atoms with Crippen LogP contribution in [0.4, 0.5) is 0 Å². The molecule has 23 heavy (non-hydrogen) atoms. The fraction of sp³-hybridized carbons (Fsp3) is 0.391. The second kappa shape index (κ2) is 9.35. The van der Waals surface area contributed by atoms with Crippen molar-refractivity contribution in [1.82, 2.24) is 0 Å². The Kier molecular flexibility index (Phi) is 7.13. The standard InChI is InChI=1S/C23H30/c1-4-21(23-16-9-6-10-17-23)18-19(2)12-11-13-20(3)22-14-7-5-8-15-22/h5-10,12,14-17,20-21H,4,11,13,18H2,1-3H3. The first kappa shape index (κ1) is 17.5. The van der Waals surface area contributed by atoms with Gasteiger partial charge in [-0.1, -0.05) is 86.2 Å². The molecule has 2 atom stereocenters. The molecule has 0 N–H and O–H groups in total. The van der Waals surface area contributed by atoms with Crippen LogP contribution in [0.3, 0.4) is 0 Å². The monoisotopic (exact) mass is 306 g/mol. The third kappa shape index (κ3) is 5.71. The Morgan fingerprint density at radius 1 is 0.913 bits per heavy atom. The average Bonchev–Trinajstić information content (AvgIpc) is 2.61. The van der Waals surface area contributed by atoms with Gasteiger partial charge in [-0.2, -0.15) is 0 Å². The molecule has 0 amide bonds. The molecule has 0 radical (unpaired) electrons. The van der Waals surface area contributed by atoms with E-state index in [0.29, 0.717) is 11.8 Å². The van der Waals surface area contributed by atoms with Gasteiger partial charge in [0.2, 0.25) is 0 Å². The van der Waals surface area contributed by atoms with Gasteiger partial charge in [0.05, 0.1) is 0 Å². The lowest BCUT2D eigenvalue weighted by molar-refractivity contribution is 0.647. The summed E-state index contributed by atoms with van der Waals surface area (Å²) in [6.45, 7) is 6.92. The molecule has 0 spiro atoms. The van der Waals surface area contributed by atoms with Gasteiger partial charge in [-0.15, -0.1) is 0 Å². The molecule has 2 rings (SSSR count). The Labute approximate surface area is 142 Å². The molecule has 0 aliphatic heterocycles. The predicted octanol–water partition coefficient (Wildman–Crippen LogP) is 7.10. The highest BCUT2D eigenvalue weighted by Gasteiger charge is 2.09. The minimum atomic E-state index is 0.636. The van der Waals surface area contributed by atoms with Crippen molar-refractivity contribution < 1.29 is 0 Å². The Balaban J connectivity index is 1.85. The van der Waals surface area contributed by atoms with Gasteiger partial charge in [0.25, 0.3) is 0 Å². The second-order valence-corrected chi connectivity index (χ2v) is 6.66. The molecule has 0 heteroatoms. The summed E-state index contributed by atoms with van der Waals surface area (Å²) in [5.41, 5.74) is 4.45. The van der Waals surface area contributed by atoms with Crippen LogP contribution in [0.2, 0.25) is 0 Å². The maximum Gasteiger partial charge on any atom is -0.0127 e. The van der Waals surface area contributed by atoms with Crippen LogP contribution in [0.1, 0.15) is 69.4 Å². The zero-order valence-electron chi connectivity index (χ0n) is 14.8. The van der Waals surface area contributed by atoms with Crippen LogP contribution in [0.25, 0.3) is 0 Å². The SMILES string of the molecule is CCC(CC(C)=CCCC(C)c1ccccc1)c1ccccc1. The van der Waals surface area contributed by atoms with Crippen LogP contribution in [-0.4, -0.2) is 0 Å². The quantitative estimate of drug-likeness (QED) is 0.456. The highest BCUT2D eigenvalue weighted by atomic mass is 14.1. The van der Waals surface area contributed by atoms with Gasteiger partial charge in [0.1, 0.15) is 0 Å². The molecule has 0 aromatic heterocycles. The van der Waals surface area contributed by atoms with Gasteiger partial charge in [-0.25, -0.2) is 0 Å². The van der Waals surface area contributed by atoms with Crippen LogP contribution < -0.4 is 0 Å². The van der Waals surface area contributed by atoms with Crippen molar-refractivity contribution in [3.63, 3.8) is 0 Å². The molecule has 0 bridgehead atoms. The summed E-state index contributed by atoms with van der Waals surface area (Å²) in [5.74, 6) is 1.29. The molecule has 0 aliphatic carbocycles. The topological polar surface area (TPSA) is 0 Å². The van der Waals surface area contributed by atoms with E-state index < -0.39 is 0 Å². The molecule has 0 heterocycles. The molecule has 2 aromatic rings. The Hall–Kier alpha value is -1.82. The third-order valence-corrected chi connectivity index (χ3v) is 4.79. The van der Waals surface area contributed by atoms with E-state index in [-0.39, 0.29) is 0 Å². The first-order valence-corrected chi connectivity index (χ1v) is 8.96. The lowest BCUT2D eigenvalue weighted by Gasteiger charge is -2.16. The van der Waals surface area contributed by atoms with Gasteiger partial charge in [-0.3, -0.25) is 0 Å². The summed E-state index contributed by atoms with van der Waals surface area (Å²) in [7, 11) is 0. The van der Waals surface area contributed by atoms with Crippen molar-refractivity contribution in [1.29, 1.82) is 0 Å². The summed E-state index contributed by atoms with van der Waals surface area (Å²) in [6.07, 6.45) is 7.23. The minimum absolute atomic E-state index is 0.636. The smallest absolute Gasteiger partial charge is 0.0127 e. The van der Waals surface area contributed by atoms with Crippen LogP contribution in [-0.2, 0) is 0 Å². The third-order valence-electron chi connectivity index (χ3n) is 4.79. The Morgan fingerprint density at radius 3 is 2.04 bits per heavy atom. The van der Waals surface area contributed by atoms with Crippen LogP contribution >= 0.6 is 0 Å². The van der Waals surface area contributed by atoms with Crippen molar-refractivity contribution in [3.8, 4) is 0 Å². The van der Waals surface area contributed by atoms with Crippen molar-refractivity contribution >= 4 is 0 Å². The van der Waals surface area contributed by atoms with Crippen molar-refractivity contribution in [2.75, 3.05) is 0 Å². The summed E-state index contributed by atoms with van der Waals surface area (Å²) in [5, 5.41) is 0. The summed E-state index contributed by atoms with van der Waals surface area (Å²) >= 11 is 0. The number of hydrogen-bond acceptors (Lipinski definition) is 0. The van der Waals surface area contributed by atoms with Gasteiger partial charge in [0, 0.05) is 0 Å². The maximum atomic E-state index is 2.45.